The van der Waals surface area contributed by atoms with E-state index >= 15 is 0 Å². The van der Waals surface area contributed by atoms with Crippen molar-refractivity contribution in [2.45, 2.75) is 13.0 Å². The normalized spacial score (nSPS) is 12.5. The summed E-state index contributed by atoms with van der Waals surface area (Å²) in [6.07, 6.45) is 0. The first-order valence-corrected chi connectivity index (χ1v) is 3.80. The van der Waals surface area contributed by atoms with Gasteiger partial charge in [0.25, 0.3) is 0 Å². The number of aromatic nitrogens is 2. The molecule has 0 unspecified atom stereocenters. The second-order valence-electron chi connectivity index (χ2n) is 1.99. The number of nitrogens with one attached hydrogen (secondary N) is 1. The molecule has 11 heavy (non-hydrogen) atoms. The molecule has 2 N–H and O–H groups in total. The summed E-state index contributed by atoms with van der Waals surface area (Å²) in [5.41, 5.74) is 0. The molecule has 0 amide bonds. The predicted octanol–water partition coefficient (Wildman–Crippen LogP) is 0.423. The minimum atomic E-state index is -0.905. The van der Waals surface area contributed by atoms with Crippen LogP contribution in [0.2, 0.25) is 0 Å². The minimum absolute atomic E-state index is 0.505. The molecule has 0 aliphatic rings. The van der Waals surface area contributed by atoms with Gasteiger partial charge in [0.15, 0.2) is 5.82 Å². The molecule has 0 spiro atoms. The van der Waals surface area contributed by atoms with Gasteiger partial charge in [-0.25, -0.2) is 0 Å². The third-order valence-corrected chi connectivity index (χ3v) is 1.60. The lowest BCUT2D eigenvalue weighted by atomic mass is 10.3. The lowest BCUT2D eigenvalue weighted by Gasteiger charge is -2.05. The number of rotatable bonds is 3. The predicted molar refractivity (Wildman–Crippen MR) is 40.6 cm³/mol. The summed E-state index contributed by atoms with van der Waals surface area (Å²) in [7, 11) is 0. The van der Waals surface area contributed by atoms with Crippen molar-refractivity contribution in [3.8, 4) is 0 Å². The maximum absolute atomic E-state index is 10.3. The zero-order valence-corrected chi connectivity index (χ0v) is 6.63. The molecule has 1 aromatic heterocycles. The quantitative estimate of drug-likeness (QED) is 0.693. The van der Waals surface area contributed by atoms with Gasteiger partial charge in [-0.2, -0.15) is 0 Å². The van der Waals surface area contributed by atoms with Crippen LogP contribution in [0.4, 0.5) is 5.82 Å². The molecule has 60 valence electrons. The van der Waals surface area contributed by atoms with E-state index in [4.69, 9.17) is 5.11 Å². The average Bonchev–Trinajstić information content (AvgIpc) is 2.39. The van der Waals surface area contributed by atoms with E-state index in [0.717, 1.165) is 0 Å². The molecule has 6 heteroatoms. The van der Waals surface area contributed by atoms with Crippen LogP contribution < -0.4 is 5.32 Å². The molecule has 5 nitrogen and oxygen atoms in total. The van der Waals surface area contributed by atoms with Gasteiger partial charge < -0.3 is 10.4 Å². The lowest BCUT2D eigenvalue weighted by Crippen LogP contribution is -2.25. The van der Waals surface area contributed by atoms with Crippen LogP contribution in [0.15, 0.2) is 5.38 Å². The van der Waals surface area contributed by atoms with Gasteiger partial charge in [0.2, 0.25) is 0 Å². The van der Waals surface area contributed by atoms with Crippen molar-refractivity contribution in [2.24, 2.45) is 0 Å². The second kappa shape index (κ2) is 3.29. The number of hydrogen-bond donors (Lipinski definition) is 2. The molecule has 0 bridgehead atoms. The van der Waals surface area contributed by atoms with Gasteiger partial charge in [0.05, 0.1) is 5.38 Å². The van der Waals surface area contributed by atoms with E-state index in [1.165, 1.54) is 11.5 Å². The van der Waals surface area contributed by atoms with Gasteiger partial charge in [-0.1, -0.05) is 4.49 Å². The number of nitrogens with zero attached hydrogens (tertiary/aromatic N) is 2. The third kappa shape index (κ3) is 2.15. The first-order chi connectivity index (χ1) is 5.20. The Morgan fingerprint density at radius 2 is 2.64 bits per heavy atom. The van der Waals surface area contributed by atoms with E-state index in [-0.39, 0.29) is 0 Å². The number of aliphatic carboxylic acids is 1. The Morgan fingerprint density at radius 3 is 3.09 bits per heavy atom. The molecular formula is C5H7N3O2S. The van der Waals surface area contributed by atoms with Gasteiger partial charge in [-0.05, 0) is 18.5 Å². The molecule has 0 aliphatic carbocycles. The zero-order valence-electron chi connectivity index (χ0n) is 5.81. The van der Waals surface area contributed by atoms with E-state index in [9.17, 15) is 4.79 Å². The largest absolute Gasteiger partial charge is 0.480 e. The number of carbonyl (C=O) groups is 1. The van der Waals surface area contributed by atoms with Crippen molar-refractivity contribution in [1.29, 1.82) is 0 Å². The number of anilines is 1. The fourth-order valence-corrected chi connectivity index (χ4v) is 0.908. The van der Waals surface area contributed by atoms with Crippen LogP contribution in [0.1, 0.15) is 6.92 Å². The van der Waals surface area contributed by atoms with Gasteiger partial charge in [-0.15, -0.1) is 5.10 Å². The second-order valence-corrected chi connectivity index (χ2v) is 2.60. The molecule has 1 atom stereocenters. The minimum Gasteiger partial charge on any atom is -0.480 e. The first-order valence-electron chi connectivity index (χ1n) is 2.96. The first kappa shape index (κ1) is 7.93. The van der Waals surface area contributed by atoms with Gasteiger partial charge in [0, 0.05) is 0 Å². The maximum Gasteiger partial charge on any atom is 0.325 e. The summed E-state index contributed by atoms with van der Waals surface area (Å²) >= 11 is 1.18. The molecule has 1 aromatic rings. The topological polar surface area (TPSA) is 75.1 Å². The highest BCUT2D eigenvalue weighted by Gasteiger charge is 2.10. The van der Waals surface area contributed by atoms with Crippen molar-refractivity contribution < 1.29 is 9.90 Å². The van der Waals surface area contributed by atoms with E-state index in [0.29, 0.717) is 5.82 Å². The summed E-state index contributed by atoms with van der Waals surface area (Å²) in [6, 6.07) is -0.626. The van der Waals surface area contributed by atoms with Crippen LogP contribution in [0.5, 0.6) is 0 Å². The lowest BCUT2D eigenvalue weighted by molar-refractivity contribution is -0.137. The molecule has 0 fully saturated rings. The van der Waals surface area contributed by atoms with Crippen LogP contribution >= 0.6 is 11.5 Å². The molecular weight excluding hydrogens is 166 g/mol. The third-order valence-electron chi connectivity index (χ3n) is 1.09. The standard InChI is InChI=1S/C5H7N3O2S/c1-3(5(9)10)6-4-2-11-8-7-4/h2-3,6H,1H3,(H,9,10)/t3-/m0/s1. The molecule has 0 aliphatic heterocycles. The Bertz CT molecular complexity index is 236. The Balaban J connectivity index is 2.50. The molecule has 0 radical (unpaired) electrons. The van der Waals surface area contributed by atoms with Crippen LogP contribution in [-0.4, -0.2) is 26.7 Å². The molecule has 1 heterocycles. The van der Waals surface area contributed by atoms with E-state index in [1.807, 2.05) is 0 Å². The smallest absolute Gasteiger partial charge is 0.325 e. The Kier molecular flexibility index (Phi) is 2.37. The highest BCUT2D eigenvalue weighted by atomic mass is 32.1. The SMILES string of the molecule is C[C@H](Nc1csnn1)C(=O)O. The summed E-state index contributed by atoms with van der Waals surface area (Å²) in [5, 5.41) is 16.4. The Hall–Kier alpha value is -1.17. The molecule has 0 saturated carbocycles. The van der Waals surface area contributed by atoms with Crippen molar-refractivity contribution in [2.75, 3.05) is 5.32 Å². The van der Waals surface area contributed by atoms with Crippen LogP contribution in [0, 0.1) is 0 Å². The number of hydrogen-bond acceptors (Lipinski definition) is 5. The summed E-state index contributed by atoms with van der Waals surface area (Å²) in [5.74, 6) is -0.400. The number of carboxylic acid groups (broad SMARTS) is 1. The van der Waals surface area contributed by atoms with Crippen LogP contribution in [-0.2, 0) is 4.79 Å². The van der Waals surface area contributed by atoms with Crippen molar-refractivity contribution >= 4 is 23.3 Å². The van der Waals surface area contributed by atoms with Crippen molar-refractivity contribution in [3.05, 3.63) is 5.38 Å². The van der Waals surface area contributed by atoms with Gasteiger partial charge in [-0.3, -0.25) is 4.79 Å². The monoisotopic (exact) mass is 173 g/mol. The summed E-state index contributed by atoms with van der Waals surface area (Å²) in [4.78, 5) is 10.3. The van der Waals surface area contributed by atoms with Gasteiger partial charge in [0.1, 0.15) is 6.04 Å². The van der Waals surface area contributed by atoms with Gasteiger partial charge >= 0.3 is 5.97 Å². The van der Waals surface area contributed by atoms with E-state index in [2.05, 4.69) is 14.9 Å². The summed E-state index contributed by atoms with van der Waals surface area (Å²) in [6.45, 7) is 1.54. The number of carboxylic acids is 1. The van der Waals surface area contributed by atoms with E-state index < -0.39 is 12.0 Å². The van der Waals surface area contributed by atoms with Crippen molar-refractivity contribution in [3.63, 3.8) is 0 Å². The fourth-order valence-electron chi connectivity index (χ4n) is 0.511. The Morgan fingerprint density at radius 1 is 1.91 bits per heavy atom. The fraction of sp³-hybridized carbons (Fsp3) is 0.400. The zero-order chi connectivity index (χ0) is 8.27. The molecule has 0 aromatic carbocycles. The maximum atomic E-state index is 10.3. The van der Waals surface area contributed by atoms with Crippen molar-refractivity contribution in [1.82, 2.24) is 9.59 Å². The highest BCUT2D eigenvalue weighted by molar-refractivity contribution is 7.03. The van der Waals surface area contributed by atoms with E-state index in [1.54, 1.807) is 12.3 Å². The average molecular weight is 173 g/mol. The summed E-state index contributed by atoms with van der Waals surface area (Å²) < 4.78 is 3.57. The molecule has 0 saturated heterocycles. The van der Waals surface area contributed by atoms with Crippen LogP contribution in [0.25, 0.3) is 0 Å². The Labute approximate surface area is 67.2 Å². The van der Waals surface area contributed by atoms with Crippen LogP contribution in [0.3, 0.4) is 0 Å². The molecule has 1 rings (SSSR count). The highest BCUT2D eigenvalue weighted by Crippen LogP contribution is 2.04.